The number of alkyl carbamates (subject to hydrolysis) is 1. The van der Waals surface area contributed by atoms with Crippen LogP contribution in [-0.4, -0.2) is 41.6 Å². The molecule has 0 saturated heterocycles. The van der Waals surface area contributed by atoms with Crippen LogP contribution in [0.5, 0.6) is 5.75 Å². The number of ether oxygens (including phenoxy) is 2. The number of nitrogens with zero attached hydrogens (tertiary/aromatic N) is 1. The molecule has 1 N–H and O–H groups in total. The van der Waals surface area contributed by atoms with Crippen LogP contribution in [0, 0.1) is 5.92 Å². The van der Waals surface area contributed by atoms with E-state index in [-0.39, 0.29) is 18.4 Å². The van der Waals surface area contributed by atoms with Crippen molar-refractivity contribution in [3.8, 4) is 5.75 Å². The molecule has 0 spiro atoms. The molecular formula is C26H32N2O5. The van der Waals surface area contributed by atoms with Gasteiger partial charge >= 0.3 is 6.09 Å². The Balaban J connectivity index is 1.80. The van der Waals surface area contributed by atoms with Crippen molar-refractivity contribution in [1.82, 2.24) is 10.2 Å². The highest BCUT2D eigenvalue weighted by Gasteiger charge is 2.37. The Morgan fingerprint density at radius 1 is 1.00 bits per heavy atom. The molecule has 0 aliphatic carbocycles. The van der Waals surface area contributed by atoms with Crippen LogP contribution >= 0.6 is 0 Å². The Bertz CT molecular complexity index is 975. The Hall–Kier alpha value is -3.35. The lowest BCUT2D eigenvalue weighted by Gasteiger charge is -2.26. The molecule has 2 atom stereocenters. The maximum Gasteiger partial charge on any atom is 0.408 e. The average Bonchev–Trinajstić information content (AvgIpc) is 3.01. The van der Waals surface area contributed by atoms with Gasteiger partial charge in [0.2, 0.25) is 0 Å². The molecule has 0 saturated carbocycles. The summed E-state index contributed by atoms with van der Waals surface area (Å²) in [6.45, 7) is 10.2. The van der Waals surface area contributed by atoms with Gasteiger partial charge in [0, 0.05) is 0 Å². The number of carbonyl (C=O) groups excluding carboxylic acids is 3. The van der Waals surface area contributed by atoms with Crippen molar-refractivity contribution in [3.63, 3.8) is 0 Å². The minimum Gasteiger partial charge on any atom is -0.493 e. The molecule has 1 heterocycles. The van der Waals surface area contributed by atoms with Gasteiger partial charge in [0.05, 0.1) is 30.3 Å². The molecule has 3 amide bonds. The van der Waals surface area contributed by atoms with Crippen molar-refractivity contribution >= 4 is 17.9 Å². The van der Waals surface area contributed by atoms with E-state index in [0.717, 1.165) is 17.7 Å². The molecule has 0 aromatic heterocycles. The zero-order chi connectivity index (χ0) is 24.2. The highest BCUT2D eigenvalue weighted by molar-refractivity contribution is 6.21. The second-order valence-electron chi connectivity index (χ2n) is 9.36. The van der Waals surface area contributed by atoms with E-state index in [1.165, 1.54) is 4.90 Å². The van der Waals surface area contributed by atoms with Gasteiger partial charge in [-0.3, -0.25) is 14.5 Å². The highest BCUT2D eigenvalue weighted by Crippen LogP contribution is 2.26. The molecule has 0 radical (unpaired) electrons. The van der Waals surface area contributed by atoms with Gasteiger partial charge in [0.25, 0.3) is 11.8 Å². The van der Waals surface area contributed by atoms with Crippen LogP contribution in [0.3, 0.4) is 0 Å². The summed E-state index contributed by atoms with van der Waals surface area (Å²) in [5, 5.41) is 2.82. The molecule has 1 aliphatic rings. The smallest absolute Gasteiger partial charge is 0.408 e. The van der Waals surface area contributed by atoms with Crippen molar-refractivity contribution in [2.45, 2.75) is 52.7 Å². The summed E-state index contributed by atoms with van der Waals surface area (Å²) in [5.41, 5.74) is 0.783. The largest absolute Gasteiger partial charge is 0.493 e. The summed E-state index contributed by atoms with van der Waals surface area (Å²) in [6.07, 6.45) is 0.404. The third-order valence-corrected chi connectivity index (χ3v) is 5.45. The monoisotopic (exact) mass is 452 g/mol. The van der Waals surface area contributed by atoms with Crippen molar-refractivity contribution in [2.75, 3.05) is 13.2 Å². The quantitative estimate of drug-likeness (QED) is 0.572. The van der Waals surface area contributed by atoms with E-state index in [9.17, 15) is 14.4 Å². The molecular weight excluding hydrogens is 420 g/mol. The molecule has 0 bridgehead atoms. The zero-order valence-electron chi connectivity index (χ0n) is 19.9. The summed E-state index contributed by atoms with van der Waals surface area (Å²) in [7, 11) is 0. The minimum absolute atomic E-state index is 0.0152. The van der Waals surface area contributed by atoms with Gasteiger partial charge in [-0.05, 0) is 56.5 Å². The lowest BCUT2D eigenvalue weighted by atomic mass is 10.1. The summed E-state index contributed by atoms with van der Waals surface area (Å²) >= 11 is 0. The third kappa shape index (κ3) is 6.12. The van der Waals surface area contributed by atoms with Crippen LogP contribution in [0.2, 0.25) is 0 Å². The number of rotatable bonds is 8. The molecule has 176 valence electrons. The number of fused-ring (bicyclic) bond motifs is 1. The Morgan fingerprint density at radius 2 is 1.58 bits per heavy atom. The number of benzene rings is 2. The molecule has 0 unspecified atom stereocenters. The Kier molecular flexibility index (Phi) is 7.41. The van der Waals surface area contributed by atoms with Gasteiger partial charge in [-0.15, -0.1) is 0 Å². The molecule has 33 heavy (non-hydrogen) atoms. The van der Waals surface area contributed by atoms with E-state index in [4.69, 9.17) is 9.47 Å². The van der Waals surface area contributed by atoms with Crippen molar-refractivity contribution < 1.29 is 23.9 Å². The summed E-state index contributed by atoms with van der Waals surface area (Å²) in [6, 6.07) is 13.4. The maximum atomic E-state index is 12.9. The van der Waals surface area contributed by atoms with E-state index in [0.29, 0.717) is 23.7 Å². The molecule has 3 rings (SSSR count). The second kappa shape index (κ2) is 10.1. The highest BCUT2D eigenvalue weighted by atomic mass is 16.6. The predicted octanol–water partition coefficient (Wildman–Crippen LogP) is 4.97. The number of nitrogens with one attached hydrogen (secondary N) is 1. The Labute approximate surface area is 195 Å². The second-order valence-corrected chi connectivity index (χ2v) is 9.36. The minimum atomic E-state index is -0.683. The fraction of sp³-hybridized carbons (Fsp3) is 0.423. The van der Waals surface area contributed by atoms with Gasteiger partial charge in [-0.25, -0.2) is 4.79 Å². The normalized spacial score (nSPS) is 15.1. The van der Waals surface area contributed by atoms with Gasteiger partial charge < -0.3 is 14.8 Å². The number of hydrogen-bond donors (Lipinski definition) is 1. The van der Waals surface area contributed by atoms with Gasteiger partial charge in [-0.2, -0.15) is 0 Å². The van der Waals surface area contributed by atoms with E-state index in [1.807, 2.05) is 24.3 Å². The van der Waals surface area contributed by atoms with Crippen LogP contribution in [0.25, 0.3) is 0 Å². The number of hydrogen-bond acceptors (Lipinski definition) is 5. The summed E-state index contributed by atoms with van der Waals surface area (Å²) in [5.74, 6) is 0.413. The van der Waals surface area contributed by atoms with E-state index >= 15 is 0 Å². The SMILES string of the molecule is CC[C@H](C)COc1ccc([C@H](CN2C(=O)c3ccccc3C2=O)NC(=O)OC(C)(C)C)cc1. The van der Waals surface area contributed by atoms with Crippen molar-refractivity contribution in [2.24, 2.45) is 5.92 Å². The maximum absolute atomic E-state index is 12.9. The third-order valence-electron chi connectivity index (χ3n) is 5.45. The van der Waals surface area contributed by atoms with Gasteiger partial charge in [0.15, 0.2) is 0 Å². The topological polar surface area (TPSA) is 84.9 Å². The molecule has 7 heteroatoms. The first kappa shape index (κ1) is 24.3. The average molecular weight is 453 g/mol. The van der Waals surface area contributed by atoms with Crippen LogP contribution in [0.4, 0.5) is 4.79 Å². The van der Waals surface area contributed by atoms with Crippen LogP contribution in [0.1, 0.15) is 73.4 Å². The van der Waals surface area contributed by atoms with Crippen LogP contribution < -0.4 is 10.1 Å². The first-order chi connectivity index (χ1) is 15.6. The fourth-order valence-corrected chi connectivity index (χ4v) is 3.42. The molecule has 0 fully saturated rings. The van der Waals surface area contributed by atoms with E-state index in [2.05, 4.69) is 19.2 Å². The molecule has 2 aromatic rings. The lowest BCUT2D eigenvalue weighted by Crippen LogP contribution is -2.42. The standard InChI is InChI=1S/C26H32N2O5/c1-6-17(2)16-32-19-13-11-18(12-14-19)22(27-25(31)33-26(3,4)5)15-28-23(29)20-9-7-8-10-21(20)24(28)30/h7-14,17,22H,6,15-16H2,1-5H3,(H,27,31)/t17-,22-/m0/s1. The Morgan fingerprint density at radius 3 is 2.09 bits per heavy atom. The first-order valence-corrected chi connectivity index (χ1v) is 11.3. The van der Waals surface area contributed by atoms with Crippen molar-refractivity contribution in [1.29, 1.82) is 0 Å². The van der Waals surface area contributed by atoms with E-state index < -0.39 is 17.7 Å². The molecule has 2 aromatic carbocycles. The number of carbonyl (C=O) groups is 3. The van der Waals surface area contributed by atoms with Gasteiger partial charge in [-0.1, -0.05) is 44.5 Å². The molecule has 1 aliphatic heterocycles. The molecule has 7 nitrogen and oxygen atoms in total. The number of amides is 3. The van der Waals surface area contributed by atoms with Crippen LogP contribution in [0.15, 0.2) is 48.5 Å². The van der Waals surface area contributed by atoms with Gasteiger partial charge in [0.1, 0.15) is 11.4 Å². The fourth-order valence-electron chi connectivity index (χ4n) is 3.42. The van der Waals surface area contributed by atoms with Crippen LogP contribution in [-0.2, 0) is 4.74 Å². The summed E-state index contributed by atoms with van der Waals surface area (Å²) < 4.78 is 11.2. The first-order valence-electron chi connectivity index (χ1n) is 11.3. The summed E-state index contributed by atoms with van der Waals surface area (Å²) in [4.78, 5) is 39.4. The lowest BCUT2D eigenvalue weighted by molar-refractivity contribution is 0.0467. The zero-order valence-corrected chi connectivity index (χ0v) is 19.9. The van der Waals surface area contributed by atoms with E-state index in [1.54, 1.807) is 45.0 Å². The number of imide groups is 1. The predicted molar refractivity (Wildman–Crippen MR) is 125 cm³/mol. The van der Waals surface area contributed by atoms with Crippen molar-refractivity contribution in [3.05, 3.63) is 65.2 Å².